The molecule has 0 aliphatic carbocycles. The third kappa shape index (κ3) is 4.73. The molecule has 0 rings (SSSR count). The lowest BCUT2D eigenvalue weighted by Gasteiger charge is -2.20. The summed E-state index contributed by atoms with van der Waals surface area (Å²) < 4.78 is 0. The molecule has 0 spiro atoms. The van der Waals surface area contributed by atoms with Gasteiger partial charge in [0.25, 0.3) is 0 Å². The van der Waals surface area contributed by atoms with Crippen LogP contribution in [0.25, 0.3) is 0 Å². The molecule has 0 bridgehead atoms. The van der Waals surface area contributed by atoms with E-state index in [1.165, 1.54) is 0 Å². The van der Waals surface area contributed by atoms with Crippen molar-refractivity contribution in [2.45, 2.75) is 52.1 Å². The van der Waals surface area contributed by atoms with Gasteiger partial charge in [-0.2, -0.15) is 0 Å². The SMILES string of the molecule is CCCC(CC)C(O)CCCO. The number of rotatable bonds is 7. The first-order chi connectivity index (χ1) is 5.76. The molecule has 0 heterocycles. The Bertz CT molecular complexity index is 93.8. The first-order valence-corrected chi connectivity index (χ1v) is 5.05. The lowest BCUT2D eigenvalue weighted by atomic mass is 9.92. The van der Waals surface area contributed by atoms with Gasteiger partial charge < -0.3 is 10.2 Å². The summed E-state index contributed by atoms with van der Waals surface area (Å²) in [6.45, 7) is 4.45. The van der Waals surface area contributed by atoms with Gasteiger partial charge in [-0.25, -0.2) is 0 Å². The predicted molar refractivity (Wildman–Crippen MR) is 51.0 cm³/mol. The number of aliphatic hydroxyl groups is 2. The molecule has 0 fully saturated rings. The van der Waals surface area contributed by atoms with E-state index < -0.39 is 0 Å². The van der Waals surface area contributed by atoms with Crippen molar-refractivity contribution in [1.82, 2.24) is 0 Å². The Hall–Kier alpha value is -0.0800. The Morgan fingerprint density at radius 1 is 1.17 bits per heavy atom. The summed E-state index contributed by atoms with van der Waals surface area (Å²) in [5.41, 5.74) is 0. The van der Waals surface area contributed by atoms with Gasteiger partial charge in [-0.1, -0.05) is 26.7 Å². The smallest absolute Gasteiger partial charge is 0.0569 e. The topological polar surface area (TPSA) is 40.5 Å². The van der Waals surface area contributed by atoms with Crippen LogP contribution >= 0.6 is 0 Å². The van der Waals surface area contributed by atoms with E-state index in [-0.39, 0.29) is 12.7 Å². The quantitative estimate of drug-likeness (QED) is 0.619. The zero-order valence-corrected chi connectivity index (χ0v) is 8.29. The first kappa shape index (κ1) is 11.9. The molecule has 2 N–H and O–H groups in total. The average molecular weight is 174 g/mol. The molecule has 0 saturated heterocycles. The Labute approximate surface area is 75.6 Å². The maximum Gasteiger partial charge on any atom is 0.0569 e. The van der Waals surface area contributed by atoms with Crippen molar-refractivity contribution < 1.29 is 10.2 Å². The van der Waals surface area contributed by atoms with Crippen molar-refractivity contribution in [2.75, 3.05) is 6.61 Å². The van der Waals surface area contributed by atoms with Gasteiger partial charge in [0, 0.05) is 6.61 Å². The Morgan fingerprint density at radius 3 is 2.25 bits per heavy atom. The fourth-order valence-electron chi connectivity index (χ4n) is 1.58. The van der Waals surface area contributed by atoms with Crippen LogP contribution in [0.4, 0.5) is 0 Å². The summed E-state index contributed by atoms with van der Waals surface area (Å²) in [6.07, 6.45) is 4.54. The molecular formula is C10H22O2. The predicted octanol–water partition coefficient (Wildman–Crippen LogP) is 1.95. The summed E-state index contributed by atoms with van der Waals surface area (Å²) in [5, 5.41) is 18.2. The van der Waals surface area contributed by atoms with E-state index in [1.54, 1.807) is 0 Å². The van der Waals surface area contributed by atoms with Crippen LogP contribution in [0.5, 0.6) is 0 Å². The molecule has 12 heavy (non-hydrogen) atoms. The second-order valence-corrected chi connectivity index (χ2v) is 3.39. The third-order valence-corrected chi connectivity index (χ3v) is 2.39. The zero-order chi connectivity index (χ0) is 9.40. The minimum absolute atomic E-state index is 0.194. The van der Waals surface area contributed by atoms with Gasteiger partial charge in [0.05, 0.1) is 6.10 Å². The first-order valence-electron chi connectivity index (χ1n) is 5.05. The fourth-order valence-corrected chi connectivity index (χ4v) is 1.58. The minimum atomic E-state index is -0.206. The largest absolute Gasteiger partial charge is 0.396 e. The Morgan fingerprint density at radius 2 is 1.83 bits per heavy atom. The van der Waals surface area contributed by atoms with Crippen molar-refractivity contribution in [3.8, 4) is 0 Å². The molecule has 0 aromatic rings. The van der Waals surface area contributed by atoms with Gasteiger partial charge in [0.2, 0.25) is 0 Å². The van der Waals surface area contributed by atoms with Gasteiger partial charge >= 0.3 is 0 Å². The molecular weight excluding hydrogens is 152 g/mol. The van der Waals surface area contributed by atoms with Crippen LogP contribution in [0.1, 0.15) is 46.0 Å². The van der Waals surface area contributed by atoms with Crippen LogP contribution in [0, 0.1) is 5.92 Å². The van der Waals surface area contributed by atoms with Gasteiger partial charge in [-0.3, -0.25) is 0 Å². The second kappa shape index (κ2) is 7.56. The van der Waals surface area contributed by atoms with E-state index in [4.69, 9.17) is 5.11 Å². The molecule has 0 saturated carbocycles. The minimum Gasteiger partial charge on any atom is -0.396 e. The lowest BCUT2D eigenvalue weighted by Crippen LogP contribution is -2.19. The Balaban J connectivity index is 3.60. The number of hydrogen-bond donors (Lipinski definition) is 2. The van der Waals surface area contributed by atoms with E-state index >= 15 is 0 Å². The van der Waals surface area contributed by atoms with E-state index in [9.17, 15) is 5.11 Å². The zero-order valence-electron chi connectivity index (χ0n) is 8.29. The van der Waals surface area contributed by atoms with Crippen LogP contribution in [0.15, 0.2) is 0 Å². The molecule has 2 nitrogen and oxygen atoms in total. The standard InChI is InChI=1S/C10H22O2/c1-3-6-9(4-2)10(12)7-5-8-11/h9-12H,3-8H2,1-2H3. The number of aliphatic hydroxyl groups excluding tert-OH is 2. The summed E-state index contributed by atoms with van der Waals surface area (Å²) >= 11 is 0. The van der Waals surface area contributed by atoms with Crippen LogP contribution in [-0.2, 0) is 0 Å². The summed E-state index contributed by atoms with van der Waals surface area (Å²) in [4.78, 5) is 0. The second-order valence-electron chi connectivity index (χ2n) is 3.39. The molecule has 0 amide bonds. The van der Waals surface area contributed by atoms with Crippen molar-refractivity contribution in [1.29, 1.82) is 0 Å². The molecule has 0 aliphatic heterocycles. The summed E-state index contributed by atoms with van der Waals surface area (Å²) in [6, 6.07) is 0. The third-order valence-electron chi connectivity index (χ3n) is 2.39. The highest BCUT2D eigenvalue weighted by Crippen LogP contribution is 2.18. The van der Waals surface area contributed by atoms with E-state index in [1.807, 2.05) is 0 Å². The van der Waals surface area contributed by atoms with Crippen molar-refractivity contribution in [3.63, 3.8) is 0 Å². The van der Waals surface area contributed by atoms with Gasteiger partial charge in [-0.05, 0) is 25.2 Å². The molecule has 2 heteroatoms. The average Bonchev–Trinajstić information content (AvgIpc) is 2.10. The maximum absolute atomic E-state index is 9.66. The fraction of sp³-hybridized carbons (Fsp3) is 1.00. The monoisotopic (exact) mass is 174 g/mol. The van der Waals surface area contributed by atoms with Crippen molar-refractivity contribution >= 4 is 0 Å². The molecule has 2 atom stereocenters. The van der Waals surface area contributed by atoms with Gasteiger partial charge in [-0.15, -0.1) is 0 Å². The molecule has 0 radical (unpaired) electrons. The highest BCUT2D eigenvalue weighted by atomic mass is 16.3. The van der Waals surface area contributed by atoms with Gasteiger partial charge in [0.1, 0.15) is 0 Å². The number of hydrogen-bond acceptors (Lipinski definition) is 2. The summed E-state index contributed by atoms with van der Waals surface area (Å²) in [5.74, 6) is 0.432. The van der Waals surface area contributed by atoms with Crippen LogP contribution in [0.2, 0.25) is 0 Å². The maximum atomic E-state index is 9.66. The highest BCUT2D eigenvalue weighted by molar-refractivity contribution is 4.66. The molecule has 0 aromatic carbocycles. The van der Waals surface area contributed by atoms with Crippen LogP contribution < -0.4 is 0 Å². The highest BCUT2D eigenvalue weighted by Gasteiger charge is 2.15. The van der Waals surface area contributed by atoms with E-state index in [0.717, 1.165) is 32.1 Å². The van der Waals surface area contributed by atoms with Crippen molar-refractivity contribution in [3.05, 3.63) is 0 Å². The molecule has 0 aliphatic rings. The van der Waals surface area contributed by atoms with Gasteiger partial charge in [0.15, 0.2) is 0 Å². The van der Waals surface area contributed by atoms with E-state index in [2.05, 4.69) is 13.8 Å². The molecule has 2 unspecified atom stereocenters. The summed E-state index contributed by atoms with van der Waals surface area (Å²) in [7, 11) is 0. The molecule has 74 valence electrons. The molecule has 0 aromatic heterocycles. The van der Waals surface area contributed by atoms with E-state index in [0.29, 0.717) is 5.92 Å². The van der Waals surface area contributed by atoms with Crippen LogP contribution in [0.3, 0.4) is 0 Å². The van der Waals surface area contributed by atoms with Crippen LogP contribution in [-0.4, -0.2) is 22.9 Å². The van der Waals surface area contributed by atoms with Crippen molar-refractivity contribution in [2.24, 2.45) is 5.92 Å². The Kier molecular flexibility index (Phi) is 7.51. The lowest BCUT2D eigenvalue weighted by molar-refractivity contribution is 0.0832. The normalized spacial score (nSPS) is 16.0.